The first-order chi connectivity index (χ1) is 12.2. The van der Waals surface area contributed by atoms with Crippen molar-refractivity contribution in [2.24, 2.45) is 0 Å². The van der Waals surface area contributed by atoms with Crippen LogP contribution in [0.2, 0.25) is 5.02 Å². The molecule has 0 N–H and O–H groups in total. The van der Waals surface area contributed by atoms with Crippen molar-refractivity contribution in [3.05, 3.63) is 29.3 Å². The Balaban J connectivity index is 1.72. The number of rotatable bonds is 4. The van der Waals surface area contributed by atoms with Gasteiger partial charge < -0.3 is 0 Å². The average molecular weight is 376 g/mol. The van der Waals surface area contributed by atoms with Crippen LogP contribution in [0, 0.1) is 0 Å². The number of carbonyl (C=O) groups excluding carboxylic acids is 1. The molecule has 1 heterocycles. The van der Waals surface area contributed by atoms with Crippen molar-refractivity contribution in [2.45, 2.75) is 67.8 Å². The van der Waals surface area contributed by atoms with Crippen molar-refractivity contribution in [3.8, 4) is 11.4 Å². The minimum atomic E-state index is 0.0252. The van der Waals surface area contributed by atoms with Crippen molar-refractivity contribution >= 4 is 29.1 Å². The molecule has 132 valence electrons. The quantitative estimate of drug-likeness (QED) is 0.725. The lowest BCUT2D eigenvalue weighted by Crippen LogP contribution is -2.22. The largest absolute Gasteiger partial charge is 0.299 e. The SMILES string of the molecule is O=C1CCCCC1Sc1nnc(-c2ccccc2Cl)n1C1CCCC1. The van der Waals surface area contributed by atoms with Gasteiger partial charge in [-0.25, -0.2) is 0 Å². The summed E-state index contributed by atoms with van der Waals surface area (Å²) in [6.07, 6.45) is 8.54. The summed E-state index contributed by atoms with van der Waals surface area (Å²) < 4.78 is 2.25. The van der Waals surface area contributed by atoms with Gasteiger partial charge in [-0.1, -0.05) is 54.8 Å². The first-order valence-corrected chi connectivity index (χ1v) is 10.4. The summed E-state index contributed by atoms with van der Waals surface area (Å²) >= 11 is 8.02. The van der Waals surface area contributed by atoms with Crippen molar-refractivity contribution in [3.63, 3.8) is 0 Å². The first-order valence-electron chi connectivity index (χ1n) is 9.13. The standard InChI is InChI=1S/C19H22ClN3OS/c20-15-10-4-3-9-14(15)18-21-22-19(23(18)13-7-1-2-8-13)25-17-12-6-5-11-16(17)24/h3-4,9-10,13,17H,1-2,5-8,11-12H2. The van der Waals surface area contributed by atoms with Gasteiger partial charge in [-0.3, -0.25) is 9.36 Å². The lowest BCUT2D eigenvalue weighted by molar-refractivity contribution is -0.119. The highest BCUT2D eigenvalue weighted by Crippen LogP contribution is 2.40. The van der Waals surface area contributed by atoms with Gasteiger partial charge in [0.2, 0.25) is 0 Å². The van der Waals surface area contributed by atoms with Gasteiger partial charge in [-0.05, 0) is 37.8 Å². The molecule has 1 atom stereocenters. The van der Waals surface area contributed by atoms with E-state index in [0.29, 0.717) is 23.3 Å². The van der Waals surface area contributed by atoms with Crippen LogP contribution in [-0.4, -0.2) is 25.8 Å². The van der Waals surface area contributed by atoms with Gasteiger partial charge >= 0.3 is 0 Å². The molecule has 0 saturated heterocycles. The van der Waals surface area contributed by atoms with Gasteiger partial charge in [-0.15, -0.1) is 10.2 Å². The third-order valence-corrected chi connectivity index (χ3v) is 6.82. The molecular weight excluding hydrogens is 354 g/mol. The van der Waals surface area contributed by atoms with Crippen LogP contribution in [0.4, 0.5) is 0 Å². The molecule has 0 spiro atoms. The third kappa shape index (κ3) is 3.49. The zero-order valence-electron chi connectivity index (χ0n) is 14.2. The molecule has 2 aliphatic carbocycles. The Morgan fingerprint density at radius 2 is 1.80 bits per heavy atom. The summed E-state index contributed by atoms with van der Waals surface area (Å²) in [6, 6.07) is 8.20. The maximum absolute atomic E-state index is 12.3. The Hall–Kier alpha value is -1.33. The van der Waals surface area contributed by atoms with E-state index >= 15 is 0 Å². The van der Waals surface area contributed by atoms with Gasteiger partial charge in [0.15, 0.2) is 11.0 Å². The fourth-order valence-electron chi connectivity index (χ4n) is 3.88. The van der Waals surface area contributed by atoms with Crippen LogP contribution < -0.4 is 0 Å². The highest BCUT2D eigenvalue weighted by Gasteiger charge is 2.30. The van der Waals surface area contributed by atoms with Gasteiger partial charge in [0.25, 0.3) is 0 Å². The number of hydrogen-bond donors (Lipinski definition) is 0. The molecule has 1 unspecified atom stereocenters. The second kappa shape index (κ2) is 7.50. The van der Waals surface area contributed by atoms with E-state index in [2.05, 4.69) is 14.8 Å². The zero-order valence-corrected chi connectivity index (χ0v) is 15.7. The molecule has 0 bridgehead atoms. The number of hydrogen-bond acceptors (Lipinski definition) is 4. The molecule has 4 rings (SSSR count). The Kier molecular flexibility index (Phi) is 5.13. The summed E-state index contributed by atoms with van der Waals surface area (Å²) in [6.45, 7) is 0. The number of ketones is 1. The third-order valence-electron chi connectivity index (χ3n) is 5.22. The number of carbonyl (C=O) groups is 1. The summed E-state index contributed by atoms with van der Waals surface area (Å²) in [7, 11) is 0. The van der Waals surface area contributed by atoms with Crippen molar-refractivity contribution in [1.82, 2.24) is 14.8 Å². The number of benzene rings is 1. The lowest BCUT2D eigenvalue weighted by Gasteiger charge is -2.22. The Morgan fingerprint density at radius 3 is 2.56 bits per heavy atom. The molecule has 2 fully saturated rings. The minimum absolute atomic E-state index is 0.0252. The highest BCUT2D eigenvalue weighted by atomic mass is 35.5. The molecule has 2 saturated carbocycles. The van der Waals surface area contributed by atoms with Crippen LogP contribution in [-0.2, 0) is 4.79 Å². The normalized spacial score (nSPS) is 21.8. The Morgan fingerprint density at radius 1 is 1.04 bits per heavy atom. The van der Waals surface area contributed by atoms with Gasteiger partial charge in [0.1, 0.15) is 5.78 Å². The van der Waals surface area contributed by atoms with Crippen molar-refractivity contribution in [2.75, 3.05) is 0 Å². The van der Waals surface area contributed by atoms with Gasteiger partial charge in [-0.2, -0.15) is 0 Å². The van der Waals surface area contributed by atoms with E-state index in [9.17, 15) is 4.79 Å². The molecule has 25 heavy (non-hydrogen) atoms. The fraction of sp³-hybridized carbons (Fsp3) is 0.526. The molecule has 0 radical (unpaired) electrons. The molecule has 0 aliphatic heterocycles. The maximum Gasteiger partial charge on any atom is 0.192 e. The lowest BCUT2D eigenvalue weighted by atomic mass is 9.99. The van der Waals surface area contributed by atoms with Crippen LogP contribution in [0.1, 0.15) is 57.4 Å². The number of aromatic nitrogens is 3. The average Bonchev–Trinajstić information content (AvgIpc) is 3.27. The monoisotopic (exact) mass is 375 g/mol. The molecule has 6 heteroatoms. The fourth-order valence-corrected chi connectivity index (χ4v) is 5.32. The molecular formula is C19H22ClN3OS. The molecule has 1 aromatic carbocycles. The summed E-state index contributed by atoms with van der Waals surface area (Å²) in [4.78, 5) is 12.3. The van der Waals surface area contributed by atoms with E-state index in [4.69, 9.17) is 11.6 Å². The number of thioether (sulfide) groups is 1. The topological polar surface area (TPSA) is 47.8 Å². The minimum Gasteiger partial charge on any atom is -0.299 e. The number of nitrogens with zero attached hydrogens (tertiary/aromatic N) is 3. The first kappa shape index (κ1) is 17.1. The Bertz CT molecular complexity index is 770. The second-order valence-corrected chi connectivity index (χ2v) is 8.49. The van der Waals surface area contributed by atoms with Gasteiger partial charge in [0.05, 0.1) is 10.3 Å². The van der Waals surface area contributed by atoms with Crippen LogP contribution in [0.15, 0.2) is 29.4 Å². The molecule has 4 nitrogen and oxygen atoms in total. The number of halogens is 1. The predicted octanol–water partition coefficient (Wildman–Crippen LogP) is 5.32. The smallest absolute Gasteiger partial charge is 0.192 e. The molecule has 1 aromatic heterocycles. The van der Waals surface area contributed by atoms with E-state index in [1.807, 2.05) is 24.3 Å². The van der Waals surface area contributed by atoms with Gasteiger partial charge in [0, 0.05) is 18.0 Å². The zero-order chi connectivity index (χ0) is 17.2. The summed E-state index contributed by atoms with van der Waals surface area (Å²) in [5.74, 6) is 1.19. The Labute approximate surface area is 157 Å². The molecule has 2 aliphatic rings. The van der Waals surface area contributed by atoms with Crippen LogP contribution in [0.5, 0.6) is 0 Å². The van der Waals surface area contributed by atoms with E-state index in [1.54, 1.807) is 11.8 Å². The van der Waals surface area contributed by atoms with E-state index in [-0.39, 0.29) is 5.25 Å². The van der Waals surface area contributed by atoms with Crippen molar-refractivity contribution < 1.29 is 4.79 Å². The summed E-state index contributed by atoms with van der Waals surface area (Å²) in [5.41, 5.74) is 0.922. The molecule has 2 aromatic rings. The highest BCUT2D eigenvalue weighted by molar-refractivity contribution is 8.00. The molecule has 0 amide bonds. The van der Waals surface area contributed by atoms with Crippen molar-refractivity contribution in [1.29, 1.82) is 0 Å². The predicted molar refractivity (Wildman–Crippen MR) is 101 cm³/mol. The van der Waals surface area contributed by atoms with E-state index < -0.39 is 0 Å². The van der Waals surface area contributed by atoms with Crippen LogP contribution in [0.3, 0.4) is 0 Å². The van der Waals surface area contributed by atoms with Crippen LogP contribution in [0.25, 0.3) is 11.4 Å². The van der Waals surface area contributed by atoms with Crippen LogP contribution >= 0.6 is 23.4 Å². The number of Topliss-reactive ketones (excluding diaryl/α,β-unsaturated/α-hetero) is 1. The van der Waals surface area contributed by atoms with E-state index in [1.165, 1.54) is 12.8 Å². The second-order valence-electron chi connectivity index (χ2n) is 6.91. The maximum atomic E-state index is 12.3. The summed E-state index contributed by atoms with van der Waals surface area (Å²) in [5, 5.41) is 10.5. The van der Waals surface area contributed by atoms with E-state index in [0.717, 1.165) is 48.6 Å².